The summed E-state index contributed by atoms with van der Waals surface area (Å²) in [5.74, 6) is -2.82. The number of nitrogens with zero attached hydrogens (tertiary/aromatic N) is 2. The minimum absolute atomic E-state index is 0.0302. The predicted molar refractivity (Wildman–Crippen MR) is 96.1 cm³/mol. The summed E-state index contributed by atoms with van der Waals surface area (Å²) < 4.78 is 51.3. The van der Waals surface area contributed by atoms with E-state index in [1.54, 1.807) is 12.1 Å². The number of fused-ring (bicyclic) bond motifs is 1. The fraction of sp³-hybridized carbons (Fsp3) is 0.375. The third kappa shape index (κ3) is 3.83. The molecule has 3 unspecified atom stereocenters. The lowest BCUT2D eigenvalue weighted by Gasteiger charge is -2.25. The van der Waals surface area contributed by atoms with Crippen molar-refractivity contribution in [1.82, 2.24) is 9.55 Å². The number of hydrogen-bond donors (Lipinski definition) is 1. The zero-order valence-electron chi connectivity index (χ0n) is 14.3. The molecule has 12 heteroatoms. The summed E-state index contributed by atoms with van der Waals surface area (Å²) in [5.41, 5.74) is 5.46. The average Bonchev–Trinajstić information content (AvgIpc) is 2.97. The number of nitrogen functional groups attached to an aromatic ring is 1. The molecular formula is C16H15ClF2N3O5P. The van der Waals surface area contributed by atoms with Gasteiger partial charge in [-0.05, 0) is 6.07 Å². The predicted octanol–water partition coefficient (Wildman–Crippen LogP) is 3.25. The van der Waals surface area contributed by atoms with Crippen LogP contribution in [0.1, 0.15) is 18.2 Å². The van der Waals surface area contributed by atoms with Crippen molar-refractivity contribution in [2.75, 3.05) is 12.3 Å². The Labute approximate surface area is 164 Å². The van der Waals surface area contributed by atoms with Crippen molar-refractivity contribution in [1.29, 1.82) is 0 Å². The standard InChI is InChI=1S/C16H15ClF2N3O5P/c17-10-6-22(15(23)21-14(10)20)13-5-16(18,19)12(26-13)8-25-28-24-7-9-3-1-2-4-11(9)27-28/h1-4,6,12-13H,5,7-8H2,(H2,20,21,23). The van der Waals surface area contributed by atoms with Gasteiger partial charge in [0.15, 0.2) is 0 Å². The first kappa shape index (κ1) is 19.5. The van der Waals surface area contributed by atoms with Gasteiger partial charge in [-0.3, -0.25) is 13.6 Å². The molecule has 3 heterocycles. The molecule has 0 bridgehead atoms. The van der Waals surface area contributed by atoms with Crippen molar-refractivity contribution in [2.24, 2.45) is 0 Å². The lowest BCUT2D eigenvalue weighted by atomic mass is 10.2. The molecule has 4 rings (SSSR count). The van der Waals surface area contributed by atoms with Crippen LogP contribution in [0.15, 0.2) is 35.3 Å². The molecule has 1 aromatic heterocycles. The highest BCUT2D eigenvalue weighted by molar-refractivity contribution is 7.42. The quantitative estimate of drug-likeness (QED) is 0.739. The summed E-state index contributed by atoms with van der Waals surface area (Å²) in [4.78, 5) is 15.4. The number of aromatic nitrogens is 2. The molecule has 0 amide bonds. The van der Waals surface area contributed by atoms with Gasteiger partial charge in [-0.25, -0.2) is 13.6 Å². The second kappa shape index (κ2) is 7.53. The number of hydrogen-bond acceptors (Lipinski definition) is 7. The van der Waals surface area contributed by atoms with Crippen LogP contribution in [0, 0.1) is 0 Å². The fourth-order valence-corrected chi connectivity index (χ4v) is 3.99. The van der Waals surface area contributed by atoms with Crippen LogP contribution in [-0.2, 0) is 20.4 Å². The van der Waals surface area contributed by atoms with E-state index in [4.69, 9.17) is 35.6 Å². The topological polar surface area (TPSA) is 97.8 Å². The van der Waals surface area contributed by atoms with Gasteiger partial charge in [0.2, 0.25) is 0 Å². The molecular weight excluding hydrogens is 419 g/mol. The van der Waals surface area contributed by atoms with E-state index in [2.05, 4.69) is 4.98 Å². The largest absolute Gasteiger partial charge is 0.426 e. The lowest BCUT2D eigenvalue weighted by molar-refractivity contribution is -0.0994. The molecule has 28 heavy (non-hydrogen) atoms. The van der Waals surface area contributed by atoms with Crippen molar-refractivity contribution in [2.45, 2.75) is 31.3 Å². The highest BCUT2D eigenvalue weighted by Crippen LogP contribution is 2.49. The van der Waals surface area contributed by atoms with E-state index in [0.29, 0.717) is 5.75 Å². The van der Waals surface area contributed by atoms with Crippen molar-refractivity contribution in [3.63, 3.8) is 0 Å². The van der Waals surface area contributed by atoms with Crippen LogP contribution < -0.4 is 15.9 Å². The van der Waals surface area contributed by atoms with E-state index >= 15 is 0 Å². The Morgan fingerprint density at radius 2 is 2.21 bits per heavy atom. The molecule has 1 saturated heterocycles. The number of para-hydroxylation sites is 1. The first-order chi connectivity index (χ1) is 13.3. The molecule has 8 nitrogen and oxygen atoms in total. The highest BCUT2D eigenvalue weighted by Gasteiger charge is 2.51. The molecule has 1 aromatic carbocycles. The molecule has 0 saturated carbocycles. The molecule has 2 aliphatic rings. The van der Waals surface area contributed by atoms with Gasteiger partial charge >= 0.3 is 14.3 Å². The molecule has 0 spiro atoms. The van der Waals surface area contributed by atoms with Gasteiger partial charge in [0.05, 0.1) is 24.7 Å². The second-order valence-electron chi connectivity index (χ2n) is 6.20. The SMILES string of the molecule is Nc1nc(=O)n(C2CC(F)(F)C(COP3OCc4ccccc4O3)O2)cc1Cl. The van der Waals surface area contributed by atoms with Gasteiger partial charge in [0.25, 0.3) is 5.92 Å². The third-order valence-electron chi connectivity index (χ3n) is 4.29. The Balaban J connectivity index is 1.42. The molecule has 2 N–H and O–H groups in total. The number of ether oxygens (including phenoxy) is 1. The van der Waals surface area contributed by atoms with Crippen LogP contribution >= 0.6 is 20.2 Å². The summed E-state index contributed by atoms with van der Waals surface area (Å²) >= 11 is 5.83. The highest BCUT2D eigenvalue weighted by atomic mass is 35.5. The molecule has 2 aromatic rings. The van der Waals surface area contributed by atoms with E-state index in [-0.39, 0.29) is 17.4 Å². The Morgan fingerprint density at radius 1 is 1.43 bits per heavy atom. The molecule has 150 valence electrons. The Bertz CT molecular complexity index is 947. The van der Waals surface area contributed by atoms with Crippen LogP contribution in [0.4, 0.5) is 14.6 Å². The summed E-state index contributed by atoms with van der Waals surface area (Å²) in [7, 11) is -1.83. The number of alkyl halides is 2. The molecule has 0 radical (unpaired) electrons. The minimum Gasteiger partial charge on any atom is -0.426 e. The first-order valence-electron chi connectivity index (χ1n) is 8.23. The second-order valence-corrected chi connectivity index (χ2v) is 7.75. The number of rotatable bonds is 4. The smallest absolute Gasteiger partial charge is 0.397 e. The molecule has 0 aliphatic carbocycles. The number of anilines is 1. The number of halogens is 3. The van der Waals surface area contributed by atoms with E-state index in [0.717, 1.165) is 16.3 Å². The number of nitrogens with two attached hydrogens (primary N) is 1. The maximum Gasteiger partial charge on any atom is 0.397 e. The summed E-state index contributed by atoms with van der Waals surface area (Å²) in [6.07, 6.45) is -2.44. The molecule has 3 atom stereocenters. The van der Waals surface area contributed by atoms with Gasteiger partial charge in [-0.15, -0.1) is 0 Å². The van der Waals surface area contributed by atoms with E-state index in [1.165, 1.54) is 0 Å². The minimum atomic E-state index is -3.24. The van der Waals surface area contributed by atoms with Crippen LogP contribution in [0.3, 0.4) is 0 Å². The number of benzene rings is 1. The lowest BCUT2D eigenvalue weighted by Crippen LogP contribution is -2.32. The van der Waals surface area contributed by atoms with E-state index < -0.39 is 45.6 Å². The summed E-state index contributed by atoms with van der Waals surface area (Å²) in [5, 5.41) is -0.0302. The van der Waals surface area contributed by atoms with Gasteiger partial charge < -0.3 is 15.0 Å². The van der Waals surface area contributed by atoms with Gasteiger partial charge in [0, 0.05) is 11.8 Å². The van der Waals surface area contributed by atoms with Crippen LogP contribution in [-0.4, -0.2) is 28.2 Å². The van der Waals surface area contributed by atoms with Gasteiger partial charge in [-0.2, -0.15) is 4.98 Å². The third-order valence-corrected chi connectivity index (χ3v) is 5.62. The summed E-state index contributed by atoms with van der Waals surface area (Å²) in [6, 6.07) is 7.22. The summed E-state index contributed by atoms with van der Waals surface area (Å²) in [6.45, 7) is -0.209. The fourth-order valence-electron chi connectivity index (χ4n) is 2.82. The van der Waals surface area contributed by atoms with Crippen molar-refractivity contribution in [3.8, 4) is 5.75 Å². The Kier molecular flexibility index (Phi) is 5.24. The first-order valence-corrected chi connectivity index (χ1v) is 9.70. The molecule has 2 aliphatic heterocycles. The van der Waals surface area contributed by atoms with Crippen LogP contribution in [0.2, 0.25) is 5.02 Å². The van der Waals surface area contributed by atoms with E-state index in [1.807, 2.05) is 12.1 Å². The van der Waals surface area contributed by atoms with Gasteiger partial charge in [0.1, 0.15) is 23.9 Å². The monoisotopic (exact) mass is 433 g/mol. The zero-order chi connectivity index (χ0) is 19.9. The van der Waals surface area contributed by atoms with Crippen molar-refractivity contribution >= 4 is 26.0 Å². The van der Waals surface area contributed by atoms with Crippen LogP contribution in [0.25, 0.3) is 0 Å². The maximum absolute atomic E-state index is 14.4. The zero-order valence-corrected chi connectivity index (χ0v) is 15.9. The van der Waals surface area contributed by atoms with Gasteiger partial charge in [-0.1, -0.05) is 29.8 Å². The molecule has 1 fully saturated rings. The average molecular weight is 434 g/mol. The van der Waals surface area contributed by atoms with E-state index in [9.17, 15) is 13.6 Å². The Hall–Kier alpha value is -1.84. The maximum atomic E-state index is 14.4. The Morgan fingerprint density at radius 3 is 3.04 bits per heavy atom. The van der Waals surface area contributed by atoms with Crippen molar-refractivity contribution in [3.05, 3.63) is 51.5 Å². The van der Waals surface area contributed by atoms with Crippen molar-refractivity contribution < 1.29 is 27.1 Å². The normalized spacial score (nSPS) is 25.9. The van der Waals surface area contributed by atoms with Crippen LogP contribution in [0.5, 0.6) is 5.75 Å².